The number of alkyl halides is 3. The lowest BCUT2D eigenvalue weighted by molar-refractivity contribution is -0.274. The monoisotopic (exact) mass is 620 g/mol. The Morgan fingerprint density at radius 2 is 1.60 bits per heavy atom. The highest BCUT2D eigenvalue weighted by Crippen LogP contribution is 2.35. The molecule has 0 amide bonds. The summed E-state index contributed by atoms with van der Waals surface area (Å²) in [6.07, 6.45) is -5.89. The zero-order valence-electron chi connectivity index (χ0n) is 22.8. The second-order valence-electron chi connectivity index (χ2n) is 9.94. The number of pyridine rings is 1. The molecule has 0 saturated carbocycles. The lowest BCUT2D eigenvalue weighted by atomic mass is 10.1. The number of ether oxygens (including phenoxy) is 1. The van der Waals surface area contributed by atoms with Crippen molar-refractivity contribution in [1.82, 2.24) is 14.8 Å². The highest BCUT2D eigenvalue weighted by atomic mass is 32.2. The normalized spacial score (nSPS) is 17.0. The maximum absolute atomic E-state index is 13.8. The van der Waals surface area contributed by atoms with Gasteiger partial charge in [-0.2, -0.15) is 4.28 Å². The summed E-state index contributed by atoms with van der Waals surface area (Å²) in [5, 5.41) is 22.4. The summed E-state index contributed by atoms with van der Waals surface area (Å²) in [7, 11) is 0. The maximum atomic E-state index is 13.8. The first-order valence-corrected chi connectivity index (χ1v) is 14.3. The number of nitrogens with one attached hydrogen (secondary N) is 1. The van der Waals surface area contributed by atoms with Crippen LogP contribution in [0.2, 0.25) is 0 Å². The molecule has 1 aliphatic heterocycles. The summed E-state index contributed by atoms with van der Waals surface area (Å²) in [6, 6.07) is 16.3. The van der Waals surface area contributed by atoms with Crippen LogP contribution in [0.4, 0.5) is 23.2 Å². The molecule has 0 bridgehead atoms. The largest absolute Gasteiger partial charge is 0.573 e. The highest BCUT2D eigenvalue weighted by molar-refractivity contribution is 7.80. The molecule has 4 aromatic rings. The lowest BCUT2D eigenvalue weighted by Gasteiger charge is -2.39. The van der Waals surface area contributed by atoms with Crippen LogP contribution < -0.4 is 10.2 Å². The summed E-state index contributed by atoms with van der Waals surface area (Å²) in [6.45, 7) is 2.87. The van der Waals surface area contributed by atoms with E-state index in [2.05, 4.69) is 15.2 Å². The fourth-order valence-corrected chi connectivity index (χ4v) is 5.67. The first-order valence-electron chi connectivity index (χ1n) is 13.2. The molecule has 228 valence electrons. The van der Waals surface area contributed by atoms with Gasteiger partial charge in [0.25, 0.3) is 0 Å². The third-order valence-electron chi connectivity index (χ3n) is 6.94. The Labute approximate surface area is 246 Å². The Morgan fingerprint density at radius 3 is 2.28 bits per heavy atom. The number of rotatable bonds is 9. The van der Waals surface area contributed by atoms with Gasteiger partial charge in [-0.3, -0.25) is 14.8 Å². The van der Waals surface area contributed by atoms with Crippen molar-refractivity contribution in [1.29, 1.82) is 0 Å². The van der Waals surface area contributed by atoms with E-state index in [1.807, 2.05) is 0 Å². The Morgan fingerprint density at radius 1 is 0.930 bits per heavy atom. The number of hydrogen-bond acceptors (Lipinski definition) is 9. The summed E-state index contributed by atoms with van der Waals surface area (Å²) >= 11 is -2.15. The fraction of sp³-hybridized carbons (Fsp3) is 0.276. The van der Waals surface area contributed by atoms with Gasteiger partial charge >= 0.3 is 6.36 Å². The van der Waals surface area contributed by atoms with E-state index in [0.717, 1.165) is 6.07 Å². The van der Waals surface area contributed by atoms with Gasteiger partial charge in [-0.15, -0.1) is 13.2 Å². The van der Waals surface area contributed by atoms with Crippen molar-refractivity contribution in [3.63, 3.8) is 0 Å². The van der Waals surface area contributed by atoms with E-state index in [1.54, 1.807) is 47.1 Å². The van der Waals surface area contributed by atoms with E-state index >= 15 is 0 Å². The number of anilines is 1. The van der Waals surface area contributed by atoms with Crippen molar-refractivity contribution in [2.45, 2.75) is 30.6 Å². The highest BCUT2D eigenvalue weighted by Gasteiger charge is 2.34. The molecule has 3 atom stereocenters. The minimum absolute atomic E-state index is 0.110. The fourth-order valence-electron chi connectivity index (χ4n) is 4.89. The first-order chi connectivity index (χ1) is 20.5. The minimum atomic E-state index is -5.06. The molecule has 0 radical (unpaired) electrons. The molecule has 3 unspecified atom stereocenters. The van der Waals surface area contributed by atoms with Crippen LogP contribution in [0.3, 0.4) is 0 Å². The Hall–Kier alpha value is -3.66. The SMILES string of the molecule is Cc1cc(F)cc(C(O)N2CCN(C(O)c3ccc(NOS(=O)c4cccc5cccnc45)c(OC(F)(F)F)c3)CC2)c1. The third-order valence-corrected chi connectivity index (χ3v) is 7.86. The van der Waals surface area contributed by atoms with E-state index < -0.39 is 41.5 Å². The Bertz CT molecular complexity index is 1590. The zero-order chi connectivity index (χ0) is 30.7. The molecule has 3 aromatic carbocycles. The lowest BCUT2D eigenvalue weighted by Crippen LogP contribution is -2.48. The predicted molar refractivity (Wildman–Crippen MR) is 150 cm³/mol. The van der Waals surface area contributed by atoms with Crippen molar-refractivity contribution in [3.05, 3.63) is 95.4 Å². The molecule has 0 spiro atoms. The molecule has 1 aromatic heterocycles. The van der Waals surface area contributed by atoms with Crippen LogP contribution in [0.15, 0.2) is 77.8 Å². The van der Waals surface area contributed by atoms with E-state index in [0.29, 0.717) is 35.1 Å². The molecule has 9 nitrogen and oxygen atoms in total. The zero-order valence-corrected chi connectivity index (χ0v) is 23.6. The maximum Gasteiger partial charge on any atom is 0.573 e. The predicted octanol–water partition coefficient (Wildman–Crippen LogP) is 4.95. The van der Waals surface area contributed by atoms with Gasteiger partial charge in [0, 0.05) is 37.8 Å². The minimum Gasteiger partial charge on any atom is -0.403 e. The molecule has 3 N–H and O–H groups in total. The van der Waals surface area contributed by atoms with Crippen molar-refractivity contribution in [2.24, 2.45) is 0 Å². The van der Waals surface area contributed by atoms with E-state index in [1.165, 1.54) is 36.5 Å². The van der Waals surface area contributed by atoms with Gasteiger partial charge in [0.05, 0.1) is 10.4 Å². The van der Waals surface area contributed by atoms with Gasteiger partial charge in [-0.25, -0.2) is 14.1 Å². The number of halogens is 4. The van der Waals surface area contributed by atoms with Crippen molar-refractivity contribution in [3.8, 4) is 5.75 Å². The number of para-hydroxylation sites is 1. The molecule has 14 heteroatoms. The molecular formula is C29H28F4N4O5S. The second-order valence-corrected chi connectivity index (χ2v) is 11.0. The molecule has 1 saturated heterocycles. The smallest absolute Gasteiger partial charge is 0.403 e. The number of aliphatic hydroxyl groups excluding tert-OH is 2. The summed E-state index contributed by atoms with van der Waals surface area (Å²) in [5.74, 6) is -1.16. The van der Waals surface area contributed by atoms with Gasteiger partial charge in [0.1, 0.15) is 24.0 Å². The van der Waals surface area contributed by atoms with Gasteiger partial charge in [-0.1, -0.05) is 30.3 Å². The van der Waals surface area contributed by atoms with Gasteiger partial charge in [0.2, 0.25) is 11.1 Å². The summed E-state index contributed by atoms with van der Waals surface area (Å²) in [4.78, 5) is 7.75. The number of piperazine rings is 1. The average Bonchev–Trinajstić information content (AvgIpc) is 2.98. The number of aryl methyl sites for hydroxylation is 1. The molecular weight excluding hydrogens is 592 g/mol. The standard InChI is InChI=1S/C29H28F4N4O5S/c1-18-14-21(16-22(30)15-18)28(39)37-12-10-36(11-13-37)27(38)20-7-8-23(24(17-20)41-29(31,32)33)35-42-43(40)25-6-2-4-19-5-3-9-34-26(19)25/h2-9,14-17,27-28,35,38-39H,10-13H2,1H3. The summed E-state index contributed by atoms with van der Waals surface area (Å²) < 4.78 is 75.8. The molecule has 5 rings (SSSR count). The van der Waals surface area contributed by atoms with E-state index in [9.17, 15) is 32.0 Å². The quantitative estimate of drug-likeness (QED) is 0.177. The number of aromatic nitrogens is 1. The van der Waals surface area contributed by atoms with Crippen LogP contribution in [0.1, 0.15) is 29.1 Å². The van der Waals surface area contributed by atoms with E-state index in [4.69, 9.17) is 4.28 Å². The molecule has 1 fully saturated rings. The summed E-state index contributed by atoms with van der Waals surface area (Å²) in [5.41, 5.74) is 3.60. The van der Waals surface area contributed by atoms with Gasteiger partial charge in [-0.05, 0) is 60.0 Å². The molecule has 2 heterocycles. The molecule has 43 heavy (non-hydrogen) atoms. The van der Waals surface area contributed by atoms with Crippen LogP contribution in [0.5, 0.6) is 5.75 Å². The van der Waals surface area contributed by atoms with Gasteiger partial charge < -0.3 is 14.9 Å². The number of hydrogen-bond donors (Lipinski definition) is 3. The average molecular weight is 621 g/mol. The number of nitrogens with zero attached hydrogens (tertiary/aromatic N) is 3. The van der Waals surface area contributed by atoms with Crippen molar-refractivity contribution >= 4 is 27.7 Å². The molecule has 1 aliphatic rings. The number of benzene rings is 3. The second kappa shape index (κ2) is 12.9. The Balaban J connectivity index is 1.27. The van der Waals surface area contributed by atoms with Crippen LogP contribution >= 0.6 is 0 Å². The Kier molecular flexibility index (Phi) is 9.25. The van der Waals surface area contributed by atoms with Crippen LogP contribution in [-0.2, 0) is 15.4 Å². The topological polar surface area (TPSA) is 107 Å². The van der Waals surface area contributed by atoms with Crippen molar-refractivity contribution < 1.29 is 41.0 Å². The number of fused-ring (bicyclic) bond motifs is 1. The number of aliphatic hydroxyl groups is 2. The van der Waals surface area contributed by atoms with E-state index in [-0.39, 0.29) is 29.2 Å². The molecule has 0 aliphatic carbocycles. The van der Waals surface area contributed by atoms with Gasteiger partial charge in [0.15, 0.2) is 5.75 Å². The first kappa shape index (κ1) is 30.8. The third kappa shape index (κ3) is 7.47. The van der Waals surface area contributed by atoms with Crippen LogP contribution in [0.25, 0.3) is 10.9 Å². The van der Waals surface area contributed by atoms with Crippen LogP contribution in [-0.4, -0.2) is 61.7 Å². The van der Waals surface area contributed by atoms with Crippen molar-refractivity contribution in [2.75, 3.05) is 31.7 Å². The van der Waals surface area contributed by atoms with Crippen LogP contribution in [0, 0.1) is 12.7 Å².